The molecule has 0 aromatic heterocycles. The molecule has 0 spiro atoms. The second-order valence-corrected chi connectivity index (χ2v) is 4.28. The zero-order valence-electron chi connectivity index (χ0n) is 9.72. The molecule has 0 aliphatic heterocycles. The van der Waals surface area contributed by atoms with Crippen LogP contribution in [-0.2, 0) is 19.0 Å². The molecule has 5 nitrogen and oxygen atoms in total. The molecule has 17 heavy (non-hydrogen) atoms. The first-order valence-corrected chi connectivity index (χ1v) is 6.01. The van der Waals surface area contributed by atoms with Gasteiger partial charge < -0.3 is 19.3 Å². The molecule has 0 aromatic rings. The molecule has 0 rings (SSSR count). The molecule has 100 valence electrons. The Morgan fingerprint density at radius 2 is 1.59 bits per heavy atom. The Kier molecular flexibility index (Phi) is 10.8. The summed E-state index contributed by atoms with van der Waals surface area (Å²) in [5, 5.41) is 8.42. The van der Waals surface area contributed by atoms with E-state index in [0.717, 1.165) is 0 Å². The highest BCUT2D eigenvalue weighted by atomic mass is 32.2. The van der Waals surface area contributed by atoms with Crippen molar-refractivity contribution < 1.29 is 24.1 Å². The number of aliphatic hydroxyl groups is 1. The highest BCUT2D eigenvalue weighted by molar-refractivity contribution is 8.05. The summed E-state index contributed by atoms with van der Waals surface area (Å²) in [5.41, 5.74) is 0.364. The van der Waals surface area contributed by atoms with Gasteiger partial charge in [-0.05, 0) is 6.92 Å². The molecule has 0 fully saturated rings. The first-order chi connectivity index (χ1) is 8.09. The molecule has 0 amide bonds. The van der Waals surface area contributed by atoms with Gasteiger partial charge in [0.25, 0.3) is 0 Å². The number of carbonyl (C=O) groups excluding carboxylic acids is 1. The maximum Gasteiger partial charge on any atom is 0.335 e. The quantitative estimate of drug-likeness (QED) is 0.251. The molecule has 1 N–H and O–H groups in total. The zero-order valence-corrected chi connectivity index (χ0v) is 11.5. The summed E-state index contributed by atoms with van der Waals surface area (Å²) < 4.78 is 15.3. The van der Waals surface area contributed by atoms with Crippen LogP contribution in [0.4, 0.5) is 0 Å². The SMILES string of the molecule is CC(C(=O)OCCOCCOCCO)=C(S)S. The predicted molar refractivity (Wildman–Crippen MR) is 70.4 cm³/mol. The van der Waals surface area contributed by atoms with Crippen molar-refractivity contribution in [2.24, 2.45) is 0 Å². The van der Waals surface area contributed by atoms with E-state index in [2.05, 4.69) is 25.3 Å². The van der Waals surface area contributed by atoms with Crippen molar-refractivity contribution >= 4 is 31.2 Å². The van der Waals surface area contributed by atoms with Crippen LogP contribution < -0.4 is 0 Å². The lowest BCUT2D eigenvalue weighted by Gasteiger charge is -2.07. The number of aliphatic hydroxyl groups excluding tert-OH is 1. The van der Waals surface area contributed by atoms with Crippen LogP contribution in [0.15, 0.2) is 9.81 Å². The van der Waals surface area contributed by atoms with Gasteiger partial charge >= 0.3 is 5.97 Å². The topological polar surface area (TPSA) is 65.0 Å². The number of hydrogen-bond donors (Lipinski definition) is 3. The number of carbonyl (C=O) groups is 1. The Balaban J connectivity index is 3.40. The molecular weight excluding hydrogens is 264 g/mol. The fourth-order valence-electron chi connectivity index (χ4n) is 0.779. The Morgan fingerprint density at radius 1 is 1.06 bits per heavy atom. The smallest absolute Gasteiger partial charge is 0.335 e. The van der Waals surface area contributed by atoms with Gasteiger partial charge in [0.1, 0.15) is 6.61 Å². The molecule has 0 aliphatic rings. The number of esters is 1. The fourth-order valence-corrected chi connectivity index (χ4v) is 0.962. The van der Waals surface area contributed by atoms with Crippen LogP contribution in [0, 0.1) is 0 Å². The average molecular weight is 282 g/mol. The van der Waals surface area contributed by atoms with Gasteiger partial charge in [0, 0.05) is 4.24 Å². The first kappa shape index (κ1) is 16.8. The lowest BCUT2D eigenvalue weighted by atomic mass is 10.4. The highest BCUT2D eigenvalue weighted by Gasteiger charge is 2.07. The summed E-state index contributed by atoms with van der Waals surface area (Å²) in [5.74, 6) is -0.454. The van der Waals surface area contributed by atoms with Crippen molar-refractivity contribution in [1.29, 1.82) is 0 Å². The van der Waals surface area contributed by atoms with Gasteiger partial charge in [0.05, 0.1) is 38.6 Å². The molecule has 0 unspecified atom stereocenters. The molecule has 0 bridgehead atoms. The standard InChI is InChI=1S/C10H18O5S2/c1-8(10(16)17)9(12)15-7-6-14-5-4-13-3-2-11/h11,16-17H,2-7H2,1H3. The van der Waals surface area contributed by atoms with E-state index in [9.17, 15) is 4.79 Å². The van der Waals surface area contributed by atoms with Crippen LogP contribution in [0.3, 0.4) is 0 Å². The van der Waals surface area contributed by atoms with E-state index in [-0.39, 0.29) is 13.2 Å². The minimum absolute atomic E-state index is 0.000979. The van der Waals surface area contributed by atoms with Crippen molar-refractivity contribution in [2.75, 3.05) is 39.6 Å². The Hall–Kier alpha value is -0.210. The molecule has 0 atom stereocenters. The van der Waals surface area contributed by atoms with Gasteiger partial charge in [-0.1, -0.05) is 0 Å². The van der Waals surface area contributed by atoms with Crippen molar-refractivity contribution in [3.63, 3.8) is 0 Å². The summed E-state index contributed by atoms with van der Waals surface area (Å²) in [6.45, 7) is 3.16. The van der Waals surface area contributed by atoms with Gasteiger partial charge in [-0.3, -0.25) is 0 Å². The third kappa shape index (κ3) is 9.49. The van der Waals surface area contributed by atoms with Crippen molar-refractivity contribution in [2.45, 2.75) is 6.92 Å². The highest BCUT2D eigenvalue weighted by Crippen LogP contribution is 2.13. The van der Waals surface area contributed by atoms with Gasteiger partial charge in [0.15, 0.2) is 0 Å². The summed E-state index contributed by atoms with van der Waals surface area (Å²) >= 11 is 7.84. The number of ether oxygens (including phenoxy) is 3. The summed E-state index contributed by atoms with van der Waals surface area (Å²) in [6, 6.07) is 0. The minimum Gasteiger partial charge on any atom is -0.460 e. The molecule has 7 heteroatoms. The van der Waals surface area contributed by atoms with E-state index in [4.69, 9.17) is 19.3 Å². The number of thiol groups is 2. The largest absolute Gasteiger partial charge is 0.460 e. The molecular formula is C10H18O5S2. The molecule has 0 aromatic carbocycles. The summed E-state index contributed by atoms with van der Waals surface area (Å²) in [6.07, 6.45) is 0. The van der Waals surface area contributed by atoms with Crippen LogP contribution in [0.1, 0.15) is 6.92 Å². The maximum absolute atomic E-state index is 11.3. The van der Waals surface area contributed by atoms with Crippen LogP contribution in [-0.4, -0.2) is 50.7 Å². The maximum atomic E-state index is 11.3. The molecule has 0 aliphatic carbocycles. The van der Waals surface area contributed by atoms with E-state index in [1.807, 2.05) is 0 Å². The van der Waals surface area contributed by atoms with E-state index < -0.39 is 5.97 Å². The third-order valence-electron chi connectivity index (χ3n) is 1.71. The fraction of sp³-hybridized carbons (Fsp3) is 0.700. The monoisotopic (exact) mass is 282 g/mol. The Labute approximate surface area is 112 Å². The Morgan fingerprint density at radius 3 is 2.12 bits per heavy atom. The van der Waals surface area contributed by atoms with Crippen LogP contribution in [0.2, 0.25) is 0 Å². The second kappa shape index (κ2) is 10.9. The predicted octanol–water partition coefficient (Wildman–Crippen LogP) is 0.646. The molecule has 0 saturated heterocycles. The van der Waals surface area contributed by atoms with Crippen molar-refractivity contribution in [1.82, 2.24) is 0 Å². The first-order valence-electron chi connectivity index (χ1n) is 5.12. The van der Waals surface area contributed by atoms with Gasteiger partial charge in [-0.15, -0.1) is 25.3 Å². The lowest BCUT2D eigenvalue weighted by molar-refractivity contribution is -0.140. The average Bonchev–Trinajstić information content (AvgIpc) is 2.31. The minimum atomic E-state index is -0.454. The van der Waals surface area contributed by atoms with E-state index in [0.29, 0.717) is 36.2 Å². The third-order valence-corrected chi connectivity index (χ3v) is 2.38. The van der Waals surface area contributed by atoms with Gasteiger partial charge in [0.2, 0.25) is 0 Å². The van der Waals surface area contributed by atoms with E-state index >= 15 is 0 Å². The Bertz CT molecular complexity index is 251. The molecule has 0 saturated carbocycles. The van der Waals surface area contributed by atoms with Crippen molar-refractivity contribution in [3.8, 4) is 0 Å². The number of hydrogen-bond acceptors (Lipinski definition) is 7. The van der Waals surface area contributed by atoms with Gasteiger partial charge in [-0.2, -0.15) is 0 Å². The lowest BCUT2D eigenvalue weighted by Crippen LogP contribution is -2.14. The van der Waals surface area contributed by atoms with Crippen LogP contribution >= 0.6 is 25.3 Å². The number of rotatable bonds is 9. The molecule has 0 radical (unpaired) electrons. The second-order valence-electron chi connectivity index (χ2n) is 3.03. The van der Waals surface area contributed by atoms with E-state index in [1.165, 1.54) is 0 Å². The summed E-state index contributed by atoms with van der Waals surface area (Å²) in [4.78, 5) is 11.3. The summed E-state index contributed by atoms with van der Waals surface area (Å²) in [7, 11) is 0. The normalized spacial score (nSPS) is 10.1. The van der Waals surface area contributed by atoms with Crippen LogP contribution in [0.25, 0.3) is 0 Å². The molecule has 0 heterocycles. The van der Waals surface area contributed by atoms with Crippen molar-refractivity contribution in [3.05, 3.63) is 9.81 Å². The van der Waals surface area contributed by atoms with Crippen LogP contribution in [0.5, 0.6) is 0 Å². The van der Waals surface area contributed by atoms with E-state index in [1.54, 1.807) is 6.92 Å². The zero-order chi connectivity index (χ0) is 13.1. The van der Waals surface area contributed by atoms with Gasteiger partial charge in [-0.25, -0.2) is 4.79 Å².